The molecule has 31 heavy (non-hydrogen) atoms. The van der Waals surface area contributed by atoms with Gasteiger partial charge in [-0.2, -0.15) is 0 Å². The van der Waals surface area contributed by atoms with Gasteiger partial charge >= 0.3 is 0 Å². The first-order chi connectivity index (χ1) is 15.2. The van der Waals surface area contributed by atoms with E-state index in [-0.39, 0.29) is 36.1 Å². The van der Waals surface area contributed by atoms with Crippen molar-refractivity contribution < 1.29 is 14.7 Å². The summed E-state index contributed by atoms with van der Waals surface area (Å²) >= 11 is 0. The lowest BCUT2D eigenvalue weighted by Crippen LogP contribution is -2.86. The Morgan fingerprint density at radius 2 is 1.65 bits per heavy atom. The summed E-state index contributed by atoms with van der Waals surface area (Å²) in [4.78, 5) is 37.8. The van der Waals surface area contributed by atoms with E-state index in [1.54, 1.807) is 21.9 Å². The third-order valence-corrected chi connectivity index (χ3v) is 6.36. The number of aromatic nitrogens is 2. The summed E-state index contributed by atoms with van der Waals surface area (Å²) in [6, 6.07) is 18.6. The number of hydrogen-bond acceptors (Lipinski definition) is 5. The zero-order chi connectivity index (χ0) is 21.4. The molecule has 0 bridgehead atoms. The number of carbonyl (C=O) groups excluding carboxylic acids is 2. The topological polar surface area (TPSA) is 86.6 Å². The third-order valence-electron chi connectivity index (χ3n) is 6.36. The Morgan fingerprint density at radius 1 is 0.968 bits per heavy atom. The molecule has 5 rings (SSSR count). The molecule has 1 aromatic heterocycles. The van der Waals surface area contributed by atoms with Gasteiger partial charge in [0, 0.05) is 37.0 Å². The van der Waals surface area contributed by atoms with Crippen LogP contribution in [0, 0.1) is 0 Å². The fourth-order valence-electron chi connectivity index (χ4n) is 5.04. The molecule has 0 unspecified atom stereocenters. The number of likely N-dealkylation sites (tertiary alicyclic amines) is 2. The van der Waals surface area contributed by atoms with Crippen LogP contribution in [0.5, 0.6) is 0 Å². The number of benzene rings is 2. The lowest BCUT2D eigenvalue weighted by molar-refractivity contribution is -0.152. The van der Waals surface area contributed by atoms with Crippen LogP contribution in [0.4, 0.5) is 0 Å². The summed E-state index contributed by atoms with van der Waals surface area (Å²) in [5.41, 5.74) is 1.36. The molecule has 0 radical (unpaired) electrons. The van der Waals surface area contributed by atoms with E-state index in [2.05, 4.69) is 9.97 Å². The highest BCUT2D eigenvalue weighted by molar-refractivity contribution is 5.97. The Hall–Kier alpha value is -3.58. The zero-order valence-corrected chi connectivity index (χ0v) is 16.8. The lowest BCUT2D eigenvalue weighted by Gasteiger charge is -2.70. The molecule has 2 aromatic carbocycles. The molecule has 1 spiro atoms. The molecule has 2 amide bonds. The van der Waals surface area contributed by atoms with Gasteiger partial charge in [0.15, 0.2) is 0 Å². The molecule has 7 nitrogen and oxygen atoms in total. The minimum absolute atomic E-state index is 0.0581. The van der Waals surface area contributed by atoms with E-state index in [4.69, 9.17) is 0 Å². The molecule has 3 heterocycles. The van der Waals surface area contributed by atoms with Gasteiger partial charge in [0.2, 0.25) is 0 Å². The average molecular weight is 414 g/mol. The fourth-order valence-corrected chi connectivity index (χ4v) is 5.04. The van der Waals surface area contributed by atoms with Gasteiger partial charge in [-0.25, -0.2) is 4.98 Å². The monoisotopic (exact) mass is 414 g/mol. The number of carbonyl (C=O) groups is 2. The van der Waals surface area contributed by atoms with Gasteiger partial charge in [0.25, 0.3) is 11.8 Å². The van der Waals surface area contributed by atoms with Gasteiger partial charge in [-0.1, -0.05) is 48.5 Å². The minimum atomic E-state index is -0.556. The molecular formula is C24H22N4O3. The Morgan fingerprint density at radius 3 is 2.26 bits per heavy atom. The number of amides is 2. The van der Waals surface area contributed by atoms with Crippen LogP contribution in [0.3, 0.4) is 0 Å². The van der Waals surface area contributed by atoms with Crippen molar-refractivity contribution in [2.24, 2.45) is 0 Å². The Balaban J connectivity index is 1.48. The number of aliphatic hydroxyl groups is 1. The maximum absolute atomic E-state index is 13.4. The average Bonchev–Trinajstić information content (AvgIpc) is 2.79. The second-order valence-electron chi connectivity index (χ2n) is 8.03. The summed E-state index contributed by atoms with van der Waals surface area (Å²) in [6.07, 6.45) is 4.47. The molecule has 2 atom stereocenters. The van der Waals surface area contributed by atoms with Crippen LogP contribution in [-0.2, 0) is 0 Å². The van der Waals surface area contributed by atoms with E-state index in [1.807, 2.05) is 48.5 Å². The van der Waals surface area contributed by atoms with E-state index in [0.29, 0.717) is 18.7 Å². The maximum atomic E-state index is 13.4. The lowest BCUT2D eigenvalue weighted by atomic mass is 9.60. The van der Waals surface area contributed by atoms with Gasteiger partial charge in [-0.05, 0) is 17.7 Å². The summed E-state index contributed by atoms with van der Waals surface area (Å²) in [5.74, 6) is -0.388. The smallest absolute Gasteiger partial charge is 0.274 e. The molecule has 2 aliphatic heterocycles. The highest BCUT2D eigenvalue weighted by Gasteiger charge is 2.68. The Labute approximate surface area is 180 Å². The molecule has 1 N–H and O–H groups in total. The molecule has 0 aliphatic carbocycles. The van der Waals surface area contributed by atoms with Gasteiger partial charge < -0.3 is 14.9 Å². The molecule has 7 heteroatoms. The quantitative estimate of drug-likeness (QED) is 0.705. The standard InChI is InChI=1S/C24H22N4O3/c29-14-20-21(17-7-3-1-4-8-17)24(28(20)22(30)18-9-5-2-6-10-18)15-27(16-24)23(31)19-13-25-11-12-26-19/h1-13,20-21,29H,14-16H2/t20-,21-/m1/s1. The summed E-state index contributed by atoms with van der Waals surface area (Å²) < 4.78 is 0. The van der Waals surface area contributed by atoms with Crippen LogP contribution in [0.1, 0.15) is 32.3 Å². The first-order valence-electron chi connectivity index (χ1n) is 10.3. The summed E-state index contributed by atoms with van der Waals surface area (Å²) in [7, 11) is 0. The normalized spacial score (nSPS) is 21.3. The number of aliphatic hydroxyl groups excluding tert-OH is 1. The zero-order valence-electron chi connectivity index (χ0n) is 16.8. The highest BCUT2D eigenvalue weighted by atomic mass is 16.3. The predicted octanol–water partition coefficient (Wildman–Crippen LogP) is 1.97. The summed E-state index contributed by atoms with van der Waals surface area (Å²) in [5, 5.41) is 10.2. The van der Waals surface area contributed by atoms with Gasteiger partial charge in [-0.15, -0.1) is 0 Å². The van der Waals surface area contributed by atoms with E-state index in [1.165, 1.54) is 18.6 Å². The van der Waals surface area contributed by atoms with Crippen LogP contribution >= 0.6 is 0 Å². The Bertz CT molecular complexity index is 1090. The van der Waals surface area contributed by atoms with Crippen molar-refractivity contribution in [2.75, 3.05) is 19.7 Å². The number of nitrogens with zero attached hydrogens (tertiary/aromatic N) is 4. The van der Waals surface area contributed by atoms with Crippen molar-refractivity contribution in [3.63, 3.8) is 0 Å². The largest absolute Gasteiger partial charge is 0.394 e. The van der Waals surface area contributed by atoms with E-state index >= 15 is 0 Å². The van der Waals surface area contributed by atoms with E-state index < -0.39 is 5.54 Å². The Kier molecular flexibility index (Phi) is 4.75. The molecule has 3 aromatic rings. The van der Waals surface area contributed by atoms with Crippen LogP contribution in [0.25, 0.3) is 0 Å². The van der Waals surface area contributed by atoms with Gasteiger partial charge in [0.05, 0.1) is 24.4 Å². The van der Waals surface area contributed by atoms with Crippen molar-refractivity contribution in [3.05, 3.63) is 96.1 Å². The molecule has 0 saturated carbocycles. The number of rotatable bonds is 4. The van der Waals surface area contributed by atoms with Gasteiger partial charge in [0.1, 0.15) is 5.69 Å². The van der Waals surface area contributed by atoms with Crippen molar-refractivity contribution in [1.82, 2.24) is 19.8 Å². The summed E-state index contributed by atoms with van der Waals surface area (Å²) in [6.45, 7) is 0.631. The van der Waals surface area contributed by atoms with E-state index in [0.717, 1.165) is 5.56 Å². The number of hydrogen-bond donors (Lipinski definition) is 1. The van der Waals surface area contributed by atoms with Crippen molar-refractivity contribution in [2.45, 2.75) is 17.5 Å². The second kappa shape index (κ2) is 7.59. The fraction of sp³-hybridized carbons (Fsp3) is 0.250. The van der Waals surface area contributed by atoms with E-state index in [9.17, 15) is 14.7 Å². The van der Waals surface area contributed by atoms with Gasteiger partial charge in [-0.3, -0.25) is 14.6 Å². The predicted molar refractivity (Wildman–Crippen MR) is 113 cm³/mol. The molecule has 2 aliphatic rings. The van der Waals surface area contributed by atoms with Crippen molar-refractivity contribution >= 4 is 11.8 Å². The second-order valence-corrected chi connectivity index (χ2v) is 8.03. The maximum Gasteiger partial charge on any atom is 0.274 e. The third kappa shape index (κ3) is 3.00. The highest BCUT2D eigenvalue weighted by Crippen LogP contribution is 2.54. The van der Waals surface area contributed by atoms with Crippen molar-refractivity contribution in [1.29, 1.82) is 0 Å². The molecule has 156 valence electrons. The minimum Gasteiger partial charge on any atom is -0.394 e. The molecule has 2 fully saturated rings. The molecular weight excluding hydrogens is 392 g/mol. The van der Waals surface area contributed by atoms with Crippen LogP contribution in [0.15, 0.2) is 79.3 Å². The first kappa shape index (κ1) is 19.4. The van der Waals surface area contributed by atoms with Crippen LogP contribution in [0.2, 0.25) is 0 Å². The van der Waals surface area contributed by atoms with Crippen LogP contribution < -0.4 is 0 Å². The van der Waals surface area contributed by atoms with Crippen molar-refractivity contribution in [3.8, 4) is 0 Å². The van der Waals surface area contributed by atoms with Crippen LogP contribution in [-0.4, -0.2) is 68.0 Å². The molecule has 2 saturated heterocycles. The first-order valence-corrected chi connectivity index (χ1v) is 10.3. The SMILES string of the molecule is O=C(c1cnccn1)N1CC2(C1)[C@H](c1ccccc1)[C@@H](CO)N2C(=O)c1ccccc1.